The highest BCUT2D eigenvalue weighted by atomic mass is 32.2. The second-order valence-electron chi connectivity index (χ2n) is 6.36. The summed E-state index contributed by atoms with van der Waals surface area (Å²) >= 11 is 0. The monoisotopic (exact) mass is 354 g/mol. The molecule has 0 aliphatic carbocycles. The average molecular weight is 354 g/mol. The third-order valence-electron chi connectivity index (χ3n) is 4.26. The van der Waals surface area contributed by atoms with Gasteiger partial charge < -0.3 is 0 Å². The molecule has 1 aromatic heterocycles. The van der Waals surface area contributed by atoms with Gasteiger partial charge in [-0.2, -0.15) is 0 Å². The molecule has 0 unspecified atom stereocenters. The Kier molecular flexibility index (Phi) is 5.16. The van der Waals surface area contributed by atoms with Gasteiger partial charge in [-0.15, -0.1) is 0 Å². The summed E-state index contributed by atoms with van der Waals surface area (Å²) in [5, 5.41) is 1.06. The molecule has 0 aliphatic heterocycles. The summed E-state index contributed by atoms with van der Waals surface area (Å²) in [4.78, 5) is 4.70. The van der Waals surface area contributed by atoms with Crippen LogP contribution in [0.1, 0.15) is 30.9 Å². The molecule has 0 bridgehead atoms. The largest absolute Gasteiger partial charge is 0.256 e. The smallest absolute Gasteiger partial charge is 0.240 e. The molecule has 0 atom stereocenters. The highest BCUT2D eigenvalue weighted by molar-refractivity contribution is 7.89. The maximum atomic E-state index is 12.4. The Balaban J connectivity index is 1.70. The molecule has 3 rings (SSSR count). The molecule has 0 saturated carbocycles. The van der Waals surface area contributed by atoms with E-state index in [2.05, 4.69) is 23.6 Å². The number of nitrogens with one attached hydrogen (secondary N) is 1. The van der Waals surface area contributed by atoms with Crippen molar-refractivity contribution in [2.45, 2.75) is 31.1 Å². The summed E-state index contributed by atoms with van der Waals surface area (Å²) in [6.45, 7) is 4.50. The quantitative estimate of drug-likeness (QED) is 0.731. The third kappa shape index (κ3) is 4.06. The van der Waals surface area contributed by atoms with Crippen LogP contribution in [0.5, 0.6) is 0 Å². The number of fused-ring (bicyclic) bond motifs is 1. The van der Waals surface area contributed by atoms with Gasteiger partial charge in [0.1, 0.15) is 0 Å². The van der Waals surface area contributed by atoms with E-state index in [0.29, 0.717) is 23.8 Å². The number of hydrogen-bond acceptors (Lipinski definition) is 3. The molecular weight excluding hydrogens is 332 g/mol. The molecule has 1 N–H and O–H groups in total. The normalized spacial score (nSPS) is 12.0. The number of hydrogen-bond donors (Lipinski definition) is 1. The summed E-state index contributed by atoms with van der Waals surface area (Å²) in [5.41, 5.74) is 3.09. The first-order valence-electron chi connectivity index (χ1n) is 8.39. The minimum absolute atomic E-state index is 0.299. The van der Waals surface area contributed by atoms with Gasteiger partial charge in [-0.1, -0.05) is 50.2 Å². The fraction of sp³-hybridized carbons (Fsp3) is 0.250. The minimum atomic E-state index is -3.50. The first kappa shape index (κ1) is 17.6. The highest BCUT2D eigenvalue weighted by Gasteiger charge is 2.14. The summed E-state index contributed by atoms with van der Waals surface area (Å²) in [7, 11) is -3.50. The second kappa shape index (κ2) is 7.33. The van der Waals surface area contributed by atoms with Gasteiger partial charge in [0.15, 0.2) is 0 Å². The molecule has 0 saturated heterocycles. The fourth-order valence-electron chi connectivity index (χ4n) is 2.80. The molecule has 130 valence electrons. The molecular formula is C20H22N2O2S. The summed E-state index contributed by atoms with van der Waals surface area (Å²) in [6, 6.07) is 16.9. The predicted molar refractivity (Wildman–Crippen MR) is 101 cm³/mol. The Labute approximate surface area is 149 Å². The number of nitrogens with zero attached hydrogens (tertiary/aromatic N) is 1. The van der Waals surface area contributed by atoms with Gasteiger partial charge in [0, 0.05) is 18.1 Å². The van der Waals surface area contributed by atoms with Crippen molar-refractivity contribution in [3.63, 3.8) is 0 Å². The molecule has 1 heterocycles. The molecule has 25 heavy (non-hydrogen) atoms. The summed E-state index contributed by atoms with van der Waals surface area (Å²) in [5.74, 6) is 0.378. The molecule has 5 heteroatoms. The van der Waals surface area contributed by atoms with Crippen LogP contribution in [-0.2, 0) is 16.4 Å². The van der Waals surface area contributed by atoms with E-state index in [0.717, 1.165) is 22.0 Å². The number of pyridine rings is 1. The van der Waals surface area contributed by atoms with Gasteiger partial charge >= 0.3 is 0 Å². The Morgan fingerprint density at radius 2 is 1.72 bits per heavy atom. The van der Waals surface area contributed by atoms with Crippen molar-refractivity contribution in [3.8, 4) is 0 Å². The lowest BCUT2D eigenvalue weighted by molar-refractivity contribution is 0.581. The third-order valence-corrected chi connectivity index (χ3v) is 5.74. The maximum absolute atomic E-state index is 12.4. The second-order valence-corrected chi connectivity index (χ2v) is 8.13. The van der Waals surface area contributed by atoms with Crippen LogP contribution in [0.2, 0.25) is 0 Å². The Bertz CT molecular complexity index is 959. The lowest BCUT2D eigenvalue weighted by atomic mass is 10.0. The van der Waals surface area contributed by atoms with Gasteiger partial charge in [0.25, 0.3) is 0 Å². The molecule has 2 aromatic carbocycles. The summed E-state index contributed by atoms with van der Waals surface area (Å²) in [6.07, 6.45) is 2.35. The van der Waals surface area contributed by atoms with E-state index in [9.17, 15) is 8.42 Å². The van der Waals surface area contributed by atoms with Crippen LogP contribution < -0.4 is 4.72 Å². The van der Waals surface area contributed by atoms with Crippen molar-refractivity contribution >= 4 is 20.9 Å². The Hall–Kier alpha value is -2.24. The van der Waals surface area contributed by atoms with Crippen molar-refractivity contribution < 1.29 is 8.42 Å². The van der Waals surface area contributed by atoms with E-state index in [-0.39, 0.29) is 0 Å². The van der Waals surface area contributed by atoms with Crippen LogP contribution in [0, 0.1) is 0 Å². The van der Waals surface area contributed by atoms with E-state index in [4.69, 9.17) is 0 Å². The molecule has 0 spiro atoms. The standard InChI is InChI=1S/C20H22N2O2S/c1-15(2)16-8-10-19(11-9-16)25(23,24)22-14-12-18-6-3-5-17-7-4-13-21-20(17)18/h3-11,13,15,22H,12,14H2,1-2H3. The van der Waals surface area contributed by atoms with Crippen molar-refractivity contribution in [1.29, 1.82) is 0 Å². The van der Waals surface area contributed by atoms with Crippen molar-refractivity contribution in [2.75, 3.05) is 6.54 Å². The Morgan fingerprint density at radius 3 is 2.44 bits per heavy atom. The minimum Gasteiger partial charge on any atom is -0.256 e. The van der Waals surface area contributed by atoms with E-state index < -0.39 is 10.0 Å². The van der Waals surface area contributed by atoms with Gasteiger partial charge in [0.05, 0.1) is 10.4 Å². The number of sulfonamides is 1. The van der Waals surface area contributed by atoms with Crippen LogP contribution in [0.25, 0.3) is 10.9 Å². The number of rotatable bonds is 6. The summed E-state index contributed by atoms with van der Waals surface area (Å²) < 4.78 is 27.6. The van der Waals surface area contributed by atoms with Gasteiger partial charge in [-0.25, -0.2) is 13.1 Å². The molecule has 4 nitrogen and oxygen atoms in total. The molecule has 0 radical (unpaired) electrons. The van der Waals surface area contributed by atoms with E-state index in [1.165, 1.54) is 0 Å². The van der Waals surface area contributed by atoms with Gasteiger partial charge in [0.2, 0.25) is 10.0 Å². The number of aromatic nitrogens is 1. The molecule has 3 aromatic rings. The lowest BCUT2D eigenvalue weighted by Crippen LogP contribution is -2.26. The zero-order valence-corrected chi connectivity index (χ0v) is 15.3. The van der Waals surface area contributed by atoms with Gasteiger partial charge in [-0.05, 0) is 41.7 Å². The maximum Gasteiger partial charge on any atom is 0.240 e. The molecule has 0 aliphatic rings. The topological polar surface area (TPSA) is 59.1 Å². The van der Waals surface area contributed by atoms with Crippen LogP contribution in [0.4, 0.5) is 0 Å². The SMILES string of the molecule is CC(C)c1ccc(S(=O)(=O)NCCc2cccc3cccnc23)cc1. The predicted octanol–water partition coefficient (Wildman–Crippen LogP) is 3.88. The van der Waals surface area contributed by atoms with Crippen LogP contribution >= 0.6 is 0 Å². The number of para-hydroxylation sites is 1. The number of benzene rings is 2. The van der Waals surface area contributed by atoms with Crippen molar-refractivity contribution in [2.24, 2.45) is 0 Å². The first-order valence-corrected chi connectivity index (χ1v) is 9.88. The van der Waals surface area contributed by atoms with Crippen molar-refractivity contribution in [1.82, 2.24) is 9.71 Å². The van der Waals surface area contributed by atoms with Crippen LogP contribution in [-0.4, -0.2) is 19.9 Å². The van der Waals surface area contributed by atoms with E-state index in [1.807, 2.05) is 42.5 Å². The zero-order valence-electron chi connectivity index (χ0n) is 14.4. The van der Waals surface area contributed by atoms with E-state index in [1.54, 1.807) is 18.3 Å². The highest BCUT2D eigenvalue weighted by Crippen LogP contribution is 2.18. The average Bonchev–Trinajstić information content (AvgIpc) is 2.62. The first-order chi connectivity index (χ1) is 12.0. The fourth-order valence-corrected chi connectivity index (χ4v) is 3.84. The molecule has 0 fully saturated rings. The van der Waals surface area contributed by atoms with E-state index >= 15 is 0 Å². The Morgan fingerprint density at radius 1 is 1.00 bits per heavy atom. The van der Waals surface area contributed by atoms with Crippen LogP contribution in [0.15, 0.2) is 65.7 Å². The van der Waals surface area contributed by atoms with Crippen molar-refractivity contribution in [3.05, 3.63) is 71.9 Å². The van der Waals surface area contributed by atoms with Crippen LogP contribution in [0.3, 0.4) is 0 Å². The lowest BCUT2D eigenvalue weighted by Gasteiger charge is -2.10. The molecule has 0 amide bonds. The van der Waals surface area contributed by atoms with Gasteiger partial charge in [-0.3, -0.25) is 4.98 Å². The zero-order chi connectivity index (χ0) is 17.9.